The van der Waals surface area contributed by atoms with Gasteiger partial charge in [0.05, 0.1) is 7.11 Å². The zero-order chi connectivity index (χ0) is 18.5. The molecule has 0 aliphatic rings. The van der Waals surface area contributed by atoms with Crippen molar-refractivity contribution in [1.82, 2.24) is 0 Å². The molecule has 6 heteroatoms. The zero-order valence-corrected chi connectivity index (χ0v) is 15.1. The van der Waals surface area contributed by atoms with Crippen LogP contribution in [0.1, 0.15) is 21.9 Å². The van der Waals surface area contributed by atoms with Crippen LogP contribution in [0.2, 0.25) is 0 Å². The van der Waals surface area contributed by atoms with E-state index < -0.39 is 5.97 Å². The predicted octanol–water partition coefficient (Wildman–Crippen LogP) is 4.76. The third-order valence-corrected chi connectivity index (χ3v) is 4.56. The van der Waals surface area contributed by atoms with Gasteiger partial charge in [0, 0.05) is 17.0 Å². The second-order valence-corrected chi connectivity index (χ2v) is 6.36. The molecule has 0 fully saturated rings. The lowest BCUT2D eigenvalue weighted by molar-refractivity contribution is -0.111. The molecular formula is C20H17NO4S. The van der Waals surface area contributed by atoms with Crippen molar-refractivity contribution in [2.75, 3.05) is 12.4 Å². The fraction of sp³-hybridized carbons (Fsp3) is 0.100. The molecule has 0 spiro atoms. The highest BCUT2D eigenvalue weighted by molar-refractivity contribution is 7.15. The number of methoxy groups -OCH3 is 1. The van der Waals surface area contributed by atoms with E-state index in [0.717, 1.165) is 16.9 Å². The summed E-state index contributed by atoms with van der Waals surface area (Å²) in [5, 5.41) is 5.02. The summed E-state index contributed by atoms with van der Waals surface area (Å²) in [5.74, 6) is 0.502. The first-order chi connectivity index (χ1) is 12.6. The summed E-state index contributed by atoms with van der Waals surface area (Å²) < 4.78 is 10.3. The quantitative estimate of drug-likeness (QED) is 0.522. The van der Waals surface area contributed by atoms with Gasteiger partial charge >= 0.3 is 5.97 Å². The van der Waals surface area contributed by atoms with Crippen molar-refractivity contribution in [3.05, 3.63) is 71.0 Å². The lowest BCUT2D eigenvalue weighted by Gasteiger charge is -2.06. The molecule has 0 aliphatic carbocycles. The van der Waals surface area contributed by atoms with Crippen LogP contribution in [0.25, 0.3) is 17.2 Å². The molecule has 132 valence electrons. The number of amides is 1. The third-order valence-electron chi connectivity index (χ3n) is 3.66. The highest BCUT2D eigenvalue weighted by atomic mass is 32.1. The molecule has 0 aliphatic heterocycles. The Morgan fingerprint density at radius 1 is 1.15 bits per heavy atom. The van der Waals surface area contributed by atoms with E-state index in [1.165, 1.54) is 24.5 Å². The van der Waals surface area contributed by atoms with Gasteiger partial charge in [-0.05, 0) is 30.7 Å². The van der Waals surface area contributed by atoms with Gasteiger partial charge in [-0.2, -0.15) is 0 Å². The molecule has 0 bridgehead atoms. The number of esters is 1. The number of nitrogens with one attached hydrogen (secondary N) is 1. The first-order valence-electron chi connectivity index (χ1n) is 7.89. The van der Waals surface area contributed by atoms with Crippen molar-refractivity contribution in [2.45, 2.75) is 6.92 Å². The number of thiophene rings is 1. The highest BCUT2D eigenvalue weighted by Gasteiger charge is 2.21. The molecule has 0 saturated heterocycles. The molecule has 3 rings (SSSR count). The van der Waals surface area contributed by atoms with Gasteiger partial charge in [0.15, 0.2) is 0 Å². The maximum Gasteiger partial charge on any atom is 0.341 e. The van der Waals surface area contributed by atoms with E-state index in [-0.39, 0.29) is 5.91 Å². The molecule has 3 aromatic rings. The zero-order valence-electron chi connectivity index (χ0n) is 14.3. The van der Waals surface area contributed by atoms with Crippen molar-refractivity contribution in [3.63, 3.8) is 0 Å². The SMILES string of the molecule is COC(=O)c1c(-c2ccccc2)csc1NC(=O)C=Cc1ccc(C)o1. The van der Waals surface area contributed by atoms with Crippen LogP contribution in [-0.2, 0) is 9.53 Å². The van der Waals surface area contributed by atoms with E-state index in [1.807, 2.05) is 48.7 Å². The van der Waals surface area contributed by atoms with Crippen LogP contribution in [0.4, 0.5) is 5.00 Å². The lowest BCUT2D eigenvalue weighted by atomic mass is 10.0. The maximum atomic E-state index is 12.3. The number of anilines is 1. The van der Waals surface area contributed by atoms with E-state index in [9.17, 15) is 9.59 Å². The Bertz CT molecular complexity index is 953. The third kappa shape index (κ3) is 3.92. The number of rotatable bonds is 5. The number of hydrogen-bond acceptors (Lipinski definition) is 5. The van der Waals surface area contributed by atoms with Crippen molar-refractivity contribution in [3.8, 4) is 11.1 Å². The minimum absolute atomic E-state index is 0.347. The van der Waals surface area contributed by atoms with Crippen molar-refractivity contribution in [2.24, 2.45) is 0 Å². The fourth-order valence-electron chi connectivity index (χ4n) is 2.44. The summed E-state index contributed by atoms with van der Waals surface area (Å²) in [7, 11) is 1.32. The molecule has 1 N–H and O–H groups in total. The first-order valence-corrected chi connectivity index (χ1v) is 8.77. The van der Waals surface area contributed by atoms with Crippen molar-refractivity contribution in [1.29, 1.82) is 0 Å². The highest BCUT2D eigenvalue weighted by Crippen LogP contribution is 2.36. The summed E-state index contributed by atoms with van der Waals surface area (Å²) in [5.41, 5.74) is 1.95. The van der Waals surface area contributed by atoms with Gasteiger partial charge in [0.2, 0.25) is 5.91 Å². The Morgan fingerprint density at radius 3 is 2.58 bits per heavy atom. The normalized spacial score (nSPS) is 10.8. The van der Waals surface area contributed by atoms with E-state index in [1.54, 1.807) is 12.1 Å². The topological polar surface area (TPSA) is 68.5 Å². The van der Waals surface area contributed by atoms with E-state index in [2.05, 4.69) is 5.32 Å². The molecule has 0 saturated carbocycles. The monoisotopic (exact) mass is 367 g/mol. The molecule has 26 heavy (non-hydrogen) atoms. The lowest BCUT2D eigenvalue weighted by Crippen LogP contribution is -2.11. The summed E-state index contributed by atoms with van der Waals surface area (Å²) >= 11 is 1.28. The second-order valence-electron chi connectivity index (χ2n) is 5.48. The first kappa shape index (κ1) is 17.7. The molecule has 1 aromatic carbocycles. The van der Waals surface area contributed by atoms with Gasteiger partial charge in [0.1, 0.15) is 22.1 Å². The van der Waals surface area contributed by atoms with Crippen LogP contribution in [0.3, 0.4) is 0 Å². The fourth-order valence-corrected chi connectivity index (χ4v) is 3.40. The molecule has 0 atom stereocenters. The molecule has 5 nitrogen and oxygen atoms in total. The van der Waals surface area contributed by atoms with Crippen molar-refractivity contribution >= 4 is 34.3 Å². The number of carbonyl (C=O) groups excluding carboxylic acids is 2. The molecule has 0 unspecified atom stereocenters. The minimum Gasteiger partial charge on any atom is -0.465 e. The van der Waals surface area contributed by atoms with Crippen LogP contribution in [-0.4, -0.2) is 19.0 Å². The summed E-state index contributed by atoms with van der Waals surface area (Å²) in [6.45, 7) is 1.83. The Balaban J connectivity index is 1.85. The van der Waals surface area contributed by atoms with Gasteiger partial charge in [-0.1, -0.05) is 30.3 Å². The summed E-state index contributed by atoms with van der Waals surface area (Å²) in [4.78, 5) is 24.5. The van der Waals surface area contributed by atoms with Gasteiger partial charge < -0.3 is 14.5 Å². The van der Waals surface area contributed by atoms with Crippen LogP contribution in [0, 0.1) is 6.92 Å². The molecule has 0 radical (unpaired) electrons. The average molecular weight is 367 g/mol. The van der Waals surface area contributed by atoms with E-state index in [0.29, 0.717) is 16.3 Å². The second kappa shape index (κ2) is 7.84. The number of carbonyl (C=O) groups is 2. The number of ether oxygens (including phenoxy) is 1. The van der Waals surface area contributed by atoms with Crippen LogP contribution in [0.5, 0.6) is 0 Å². The largest absolute Gasteiger partial charge is 0.465 e. The number of furan rings is 1. The summed E-state index contributed by atoms with van der Waals surface area (Å²) in [6, 6.07) is 13.1. The van der Waals surface area contributed by atoms with E-state index in [4.69, 9.17) is 9.15 Å². The molecule has 2 aromatic heterocycles. The summed E-state index contributed by atoms with van der Waals surface area (Å²) in [6.07, 6.45) is 2.94. The Hall–Kier alpha value is -3.12. The Labute approximate surface area is 154 Å². The van der Waals surface area contributed by atoms with Crippen molar-refractivity contribution < 1.29 is 18.7 Å². The van der Waals surface area contributed by atoms with Crippen LogP contribution >= 0.6 is 11.3 Å². The average Bonchev–Trinajstić information content (AvgIpc) is 3.26. The molecule has 2 heterocycles. The number of aryl methyl sites for hydroxylation is 1. The van der Waals surface area contributed by atoms with Crippen LogP contribution in [0.15, 0.2) is 58.3 Å². The number of hydrogen-bond donors (Lipinski definition) is 1. The predicted molar refractivity (Wildman–Crippen MR) is 102 cm³/mol. The smallest absolute Gasteiger partial charge is 0.341 e. The Kier molecular flexibility index (Phi) is 5.34. The van der Waals surface area contributed by atoms with Gasteiger partial charge in [-0.25, -0.2) is 4.79 Å². The molecule has 1 amide bonds. The molecular weight excluding hydrogens is 350 g/mol. The number of benzene rings is 1. The van der Waals surface area contributed by atoms with Gasteiger partial charge in [-0.15, -0.1) is 11.3 Å². The van der Waals surface area contributed by atoms with Gasteiger partial charge in [-0.3, -0.25) is 4.79 Å². The van der Waals surface area contributed by atoms with E-state index >= 15 is 0 Å². The standard InChI is InChI=1S/C20H17NO4S/c1-13-8-9-15(25-13)10-11-17(22)21-19-18(20(23)24-2)16(12-26-19)14-6-4-3-5-7-14/h3-12H,1-2H3,(H,21,22). The Morgan fingerprint density at radius 2 is 1.92 bits per heavy atom. The minimum atomic E-state index is -0.494. The maximum absolute atomic E-state index is 12.3. The van der Waals surface area contributed by atoms with Crippen LogP contribution < -0.4 is 5.32 Å². The van der Waals surface area contributed by atoms with Gasteiger partial charge in [0.25, 0.3) is 0 Å².